The van der Waals surface area contributed by atoms with Crippen molar-refractivity contribution in [3.05, 3.63) is 22.1 Å². The zero-order valence-corrected chi connectivity index (χ0v) is 25.3. The zero-order chi connectivity index (χ0) is 30.3. The van der Waals surface area contributed by atoms with Gasteiger partial charge < -0.3 is 43.7 Å². The number of likely N-dealkylation sites (tertiary alicyclic amines) is 1. The Kier molecular flexibility index (Phi) is 12.8. The SMILES string of the molecule is COCCC[C@H]1CC[C@@H](C(=O)N[C@@H](C2O[C@H](SC)[C@H](O)[C@@H](O)[C@H]2O)[C@H](C)Cl)N(C(=O)OCc2oc(=O)oc2C)CC1. The second-order valence-electron chi connectivity index (χ2n) is 10.5. The Labute approximate surface area is 247 Å². The van der Waals surface area contributed by atoms with Crippen LogP contribution in [0.25, 0.3) is 0 Å². The highest BCUT2D eigenvalue weighted by Crippen LogP contribution is 2.31. The van der Waals surface area contributed by atoms with E-state index in [1.165, 1.54) is 11.8 Å². The fraction of sp³-hybridized carbons (Fsp3) is 0.808. The number of aryl methyl sites for hydroxylation is 1. The molecule has 3 heterocycles. The van der Waals surface area contributed by atoms with Crippen molar-refractivity contribution in [2.45, 2.75) is 99.9 Å². The summed E-state index contributed by atoms with van der Waals surface area (Å²) >= 11 is 7.59. The number of ether oxygens (including phenoxy) is 3. The van der Waals surface area contributed by atoms with Gasteiger partial charge in [0.1, 0.15) is 35.9 Å². The van der Waals surface area contributed by atoms with Crippen LogP contribution in [-0.2, 0) is 25.6 Å². The van der Waals surface area contributed by atoms with Crippen LogP contribution in [0.15, 0.2) is 13.6 Å². The minimum atomic E-state index is -1.52. The topological polar surface area (TPSA) is 181 Å². The van der Waals surface area contributed by atoms with Crippen LogP contribution in [0.5, 0.6) is 0 Å². The van der Waals surface area contributed by atoms with Crippen molar-refractivity contribution < 1.29 is 48.0 Å². The Morgan fingerprint density at radius 1 is 1.17 bits per heavy atom. The maximum absolute atomic E-state index is 13.8. The third-order valence-electron chi connectivity index (χ3n) is 7.66. The van der Waals surface area contributed by atoms with Gasteiger partial charge in [0.2, 0.25) is 5.91 Å². The number of carbonyl (C=O) groups is 2. The number of nitrogens with zero attached hydrogens (tertiary/aromatic N) is 1. The fourth-order valence-corrected chi connectivity index (χ4v) is 6.15. The van der Waals surface area contributed by atoms with Crippen LogP contribution in [-0.4, -0.2) is 106 Å². The van der Waals surface area contributed by atoms with Gasteiger partial charge in [-0.25, -0.2) is 9.59 Å². The smallest absolute Gasteiger partial charge is 0.441 e. The molecular weight excluding hydrogens is 584 g/mol. The monoisotopic (exact) mass is 624 g/mol. The molecule has 1 unspecified atom stereocenters. The number of methoxy groups -OCH3 is 1. The lowest BCUT2D eigenvalue weighted by molar-refractivity contribution is -0.205. The summed E-state index contributed by atoms with van der Waals surface area (Å²) in [6.07, 6.45) is -1.21. The highest BCUT2D eigenvalue weighted by atomic mass is 35.5. The Bertz CT molecular complexity index is 1050. The molecule has 15 heteroatoms. The minimum Gasteiger partial charge on any atom is -0.441 e. The van der Waals surface area contributed by atoms with Gasteiger partial charge >= 0.3 is 11.9 Å². The Balaban J connectivity index is 1.79. The van der Waals surface area contributed by atoms with E-state index in [4.69, 9.17) is 34.6 Å². The van der Waals surface area contributed by atoms with Gasteiger partial charge in [0.25, 0.3) is 0 Å². The van der Waals surface area contributed by atoms with E-state index < -0.39 is 65.1 Å². The van der Waals surface area contributed by atoms with E-state index >= 15 is 0 Å². The maximum Gasteiger partial charge on any atom is 0.519 e. The molecule has 0 saturated carbocycles. The summed E-state index contributed by atoms with van der Waals surface area (Å²) in [6.45, 7) is 3.62. The number of hydrogen-bond donors (Lipinski definition) is 4. The van der Waals surface area contributed by atoms with Crippen LogP contribution in [0.4, 0.5) is 4.79 Å². The number of nitrogens with one attached hydrogen (secondary N) is 1. The van der Waals surface area contributed by atoms with Crippen molar-refractivity contribution in [3.8, 4) is 0 Å². The van der Waals surface area contributed by atoms with Gasteiger partial charge in [-0.2, -0.15) is 0 Å². The van der Waals surface area contributed by atoms with E-state index in [0.29, 0.717) is 25.9 Å². The van der Waals surface area contributed by atoms with Crippen LogP contribution >= 0.6 is 23.4 Å². The molecule has 0 aromatic carbocycles. The number of amides is 2. The van der Waals surface area contributed by atoms with E-state index in [0.717, 1.165) is 24.6 Å². The summed E-state index contributed by atoms with van der Waals surface area (Å²) in [6, 6.07) is -1.89. The first-order chi connectivity index (χ1) is 19.5. The first-order valence-electron chi connectivity index (χ1n) is 13.7. The van der Waals surface area contributed by atoms with E-state index in [9.17, 15) is 29.7 Å². The normalized spacial score (nSPS) is 30.3. The van der Waals surface area contributed by atoms with Crippen LogP contribution in [0, 0.1) is 12.8 Å². The average molecular weight is 625 g/mol. The first-order valence-corrected chi connectivity index (χ1v) is 15.4. The van der Waals surface area contributed by atoms with Gasteiger partial charge in [-0.05, 0) is 58.1 Å². The van der Waals surface area contributed by atoms with Gasteiger partial charge in [0, 0.05) is 20.3 Å². The van der Waals surface area contributed by atoms with Crippen LogP contribution < -0.4 is 11.1 Å². The lowest BCUT2D eigenvalue weighted by Crippen LogP contribution is -2.65. The number of halogens is 1. The summed E-state index contributed by atoms with van der Waals surface area (Å²) in [7, 11) is 1.64. The molecule has 1 aromatic heterocycles. The van der Waals surface area contributed by atoms with Gasteiger partial charge in [0.05, 0.1) is 11.4 Å². The highest BCUT2D eigenvalue weighted by molar-refractivity contribution is 7.99. The molecule has 2 aliphatic rings. The zero-order valence-electron chi connectivity index (χ0n) is 23.7. The van der Waals surface area contributed by atoms with E-state index in [2.05, 4.69) is 5.32 Å². The van der Waals surface area contributed by atoms with Crippen molar-refractivity contribution in [1.29, 1.82) is 0 Å². The number of hydrogen-bond acceptors (Lipinski definition) is 12. The van der Waals surface area contributed by atoms with Crippen molar-refractivity contribution in [1.82, 2.24) is 10.2 Å². The van der Waals surface area contributed by atoms with Gasteiger partial charge in [-0.1, -0.05) is 0 Å². The quantitative estimate of drug-likeness (QED) is 0.205. The maximum atomic E-state index is 13.8. The Hall–Kier alpha value is -1.81. The molecule has 3 rings (SSSR count). The van der Waals surface area contributed by atoms with Gasteiger partial charge in [-0.15, -0.1) is 23.4 Å². The van der Waals surface area contributed by atoms with Crippen LogP contribution in [0.1, 0.15) is 50.5 Å². The van der Waals surface area contributed by atoms with E-state index in [1.54, 1.807) is 20.3 Å². The molecule has 0 bridgehead atoms. The summed E-state index contributed by atoms with van der Waals surface area (Å²) < 4.78 is 26.2. The molecule has 2 fully saturated rings. The Morgan fingerprint density at radius 2 is 1.90 bits per heavy atom. The molecule has 13 nitrogen and oxygen atoms in total. The largest absolute Gasteiger partial charge is 0.519 e. The third-order valence-corrected chi connectivity index (χ3v) is 8.79. The number of alkyl halides is 1. The van der Waals surface area contributed by atoms with Gasteiger partial charge in [0.15, 0.2) is 18.1 Å². The summed E-state index contributed by atoms with van der Waals surface area (Å²) in [5.74, 6) is -0.931. The van der Waals surface area contributed by atoms with E-state index in [-0.39, 0.29) is 30.6 Å². The number of thioether (sulfide) groups is 1. The standard InChI is InChI=1S/C26H41ClN2O11S/c1-13(27)18(22-20(31)19(30)21(32)24(40-22)41-4)28-23(33)16-8-7-15(6-5-11-36-3)9-10-29(16)25(34)37-12-17-14(2)38-26(35)39-17/h13,15-16,18-22,24,30-32H,5-12H2,1-4H3,(H,28,33)/t13-,15-,16-,18+,19-,20+,21+,22?,24+/m0/s1. The molecular formula is C26H41ClN2O11S. The molecule has 4 N–H and O–H groups in total. The molecule has 2 aliphatic heterocycles. The van der Waals surface area contributed by atoms with E-state index in [1.807, 2.05) is 0 Å². The second kappa shape index (κ2) is 15.6. The molecule has 2 amide bonds. The molecule has 0 spiro atoms. The predicted octanol–water partition coefficient (Wildman–Crippen LogP) is 1.36. The number of aliphatic hydroxyl groups excluding tert-OH is 3. The van der Waals surface area contributed by atoms with Gasteiger partial charge in [-0.3, -0.25) is 9.69 Å². The molecule has 0 aliphatic carbocycles. The molecule has 41 heavy (non-hydrogen) atoms. The summed E-state index contributed by atoms with van der Waals surface area (Å²) in [4.78, 5) is 39.7. The van der Waals surface area contributed by atoms with Crippen molar-refractivity contribution in [3.63, 3.8) is 0 Å². The number of carbonyl (C=O) groups excluding carboxylic acids is 2. The minimum absolute atomic E-state index is 0.0696. The van der Waals surface area contributed by atoms with Crippen molar-refractivity contribution >= 4 is 35.4 Å². The molecule has 1 aromatic rings. The highest BCUT2D eigenvalue weighted by Gasteiger charge is 2.48. The molecule has 9 atom stereocenters. The third kappa shape index (κ3) is 8.62. The molecule has 0 radical (unpaired) electrons. The van der Waals surface area contributed by atoms with Crippen molar-refractivity contribution in [2.24, 2.45) is 5.92 Å². The Morgan fingerprint density at radius 3 is 2.51 bits per heavy atom. The lowest BCUT2D eigenvalue weighted by atomic mass is 9.92. The number of rotatable bonds is 11. The average Bonchev–Trinajstić information content (AvgIpc) is 3.12. The second-order valence-corrected chi connectivity index (χ2v) is 12.1. The van der Waals surface area contributed by atoms with Crippen LogP contribution in [0.2, 0.25) is 0 Å². The lowest BCUT2D eigenvalue weighted by Gasteiger charge is -2.44. The fourth-order valence-electron chi connectivity index (χ4n) is 5.27. The molecule has 234 valence electrons. The van der Waals surface area contributed by atoms with Crippen LogP contribution in [0.3, 0.4) is 0 Å². The van der Waals surface area contributed by atoms with Crippen molar-refractivity contribution in [2.75, 3.05) is 26.5 Å². The molecule has 2 saturated heterocycles. The predicted molar refractivity (Wildman–Crippen MR) is 149 cm³/mol. The summed E-state index contributed by atoms with van der Waals surface area (Å²) in [5, 5.41) is 33.4. The summed E-state index contributed by atoms with van der Waals surface area (Å²) in [5.41, 5.74) is -0.850. The first kappa shape index (κ1) is 33.7. The number of aliphatic hydroxyl groups is 3.